The van der Waals surface area contributed by atoms with Gasteiger partial charge >= 0.3 is 6.03 Å². The second-order valence-electron chi connectivity index (χ2n) is 2.07. The third-order valence-corrected chi connectivity index (χ3v) is 1.22. The molecule has 3 N–H and O–H groups in total. The summed E-state index contributed by atoms with van der Waals surface area (Å²) in [5.41, 5.74) is 5.86. The van der Waals surface area contributed by atoms with Crippen molar-refractivity contribution >= 4 is 18.4 Å². The average Bonchev–Trinajstić information content (AvgIpc) is 2.03. The lowest BCUT2D eigenvalue weighted by atomic mass is 10.3. The minimum Gasteiger partial charge on any atom is -0.352 e. The molecule has 1 rings (SSSR count). The van der Waals surface area contributed by atoms with Crippen LogP contribution in [0.4, 0.5) is 4.79 Å². The van der Waals surface area contributed by atoms with E-state index in [-0.39, 0.29) is 12.4 Å². The summed E-state index contributed by atoms with van der Waals surface area (Å²) in [5, 5.41) is 2.47. The summed E-state index contributed by atoms with van der Waals surface area (Å²) in [4.78, 5) is 14.1. The largest absolute Gasteiger partial charge is 0.352 e. The van der Waals surface area contributed by atoms with Gasteiger partial charge in [-0.2, -0.15) is 0 Å². The van der Waals surface area contributed by atoms with Gasteiger partial charge in [-0.1, -0.05) is 0 Å². The Kier molecular flexibility index (Phi) is 4.79. The second-order valence-corrected chi connectivity index (χ2v) is 2.07. The van der Waals surface area contributed by atoms with Crippen molar-refractivity contribution < 1.29 is 4.79 Å². The summed E-state index contributed by atoms with van der Waals surface area (Å²) in [6.45, 7) is 0.456. The molecule has 0 aromatic carbocycles. The summed E-state index contributed by atoms with van der Waals surface area (Å²) in [7, 11) is 0. The van der Waals surface area contributed by atoms with Crippen molar-refractivity contribution in [2.75, 3.05) is 0 Å². The number of halogens is 1. The van der Waals surface area contributed by atoms with Crippen LogP contribution in [0.3, 0.4) is 0 Å². The number of nitrogens with two attached hydrogens (primary N) is 1. The number of pyridine rings is 1. The number of urea groups is 1. The van der Waals surface area contributed by atoms with E-state index in [9.17, 15) is 4.79 Å². The van der Waals surface area contributed by atoms with Crippen LogP contribution in [0.25, 0.3) is 0 Å². The number of carbonyl (C=O) groups is 1. The van der Waals surface area contributed by atoms with Gasteiger partial charge in [0.25, 0.3) is 0 Å². The Morgan fingerprint density at radius 1 is 1.50 bits per heavy atom. The first-order chi connectivity index (χ1) is 5.29. The zero-order chi connectivity index (χ0) is 8.10. The molecule has 0 unspecified atom stereocenters. The summed E-state index contributed by atoms with van der Waals surface area (Å²) in [6.07, 6.45) is 3.33. The van der Waals surface area contributed by atoms with E-state index in [0.717, 1.165) is 5.56 Å². The molecule has 0 aliphatic rings. The number of hydrogen-bond acceptors (Lipinski definition) is 2. The van der Waals surface area contributed by atoms with Gasteiger partial charge in [-0.25, -0.2) is 4.79 Å². The van der Waals surface area contributed by atoms with E-state index in [1.807, 2.05) is 12.1 Å². The predicted molar refractivity (Wildman–Crippen MR) is 47.9 cm³/mol. The maximum atomic E-state index is 10.3. The highest BCUT2D eigenvalue weighted by atomic mass is 35.5. The highest BCUT2D eigenvalue weighted by molar-refractivity contribution is 5.85. The summed E-state index contributed by atoms with van der Waals surface area (Å²) < 4.78 is 0. The van der Waals surface area contributed by atoms with Crippen LogP contribution < -0.4 is 11.1 Å². The van der Waals surface area contributed by atoms with E-state index < -0.39 is 6.03 Å². The van der Waals surface area contributed by atoms with Crippen molar-refractivity contribution in [3.8, 4) is 0 Å². The molecule has 0 aliphatic heterocycles. The number of rotatable bonds is 2. The van der Waals surface area contributed by atoms with Crippen LogP contribution in [-0.2, 0) is 6.54 Å². The predicted octanol–water partition coefficient (Wildman–Crippen LogP) is 0.672. The normalized spacial score (nSPS) is 8.33. The van der Waals surface area contributed by atoms with Gasteiger partial charge in [0.2, 0.25) is 0 Å². The van der Waals surface area contributed by atoms with Crippen molar-refractivity contribution in [1.29, 1.82) is 0 Å². The third kappa shape index (κ3) is 3.78. The number of nitrogens with one attached hydrogen (secondary N) is 1. The Hall–Kier alpha value is -1.29. The quantitative estimate of drug-likeness (QED) is 0.715. The van der Waals surface area contributed by atoms with E-state index in [1.54, 1.807) is 12.4 Å². The molecule has 66 valence electrons. The summed E-state index contributed by atoms with van der Waals surface area (Å²) in [5.74, 6) is 0. The van der Waals surface area contributed by atoms with Crippen LogP contribution in [0.15, 0.2) is 24.5 Å². The zero-order valence-electron chi connectivity index (χ0n) is 6.36. The van der Waals surface area contributed by atoms with Crippen molar-refractivity contribution in [1.82, 2.24) is 10.3 Å². The first-order valence-corrected chi connectivity index (χ1v) is 3.21. The summed E-state index contributed by atoms with van der Waals surface area (Å²) in [6, 6.07) is 3.12. The molecular formula is C7H10ClN3O. The minimum absolute atomic E-state index is 0. The van der Waals surface area contributed by atoms with Crippen molar-refractivity contribution in [3.05, 3.63) is 30.1 Å². The molecule has 0 fully saturated rings. The highest BCUT2D eigenvalue weighted by Gasteiger charge is 1.92. The molecule has 5 heteroatoms. The van der Waals surface area contributed by atoms with Crippen LogP contribution in [0.2, 0.25) is 0 Å². The molecule has 0 saturated heterocycles. The van der Waals surface area contributed by atoms with Gasteiger partial charge in [-0.15, -0.1) is 12.4 Å². The van der Waals surface area contributed by atoms with Gasteiger partial charge in [0, 0.05) is 18.9 Å². The Morgan fingerprint density at radius 3 is 2.58 bits per heavy atom. The SMILES string of the molecule is Cl.NC(=O)NCc1ccncc1. The Balaban J connectivity index is 0.00000121. The minimum atomic E-state index is -0.512. The molecule has 4 nitrogen and oxygen atoms in total. The molecule has 0 radical (unpaired) electrons. The average molecular weight is 188 g/mol. The van der Waals surface area contributed by atoms with Gasteiger partial charge in [-0.3, -0.25) is 4.98 Å². The maximum Gasteiger partial charge on any atom is 0.312 e. The first-order valence-electron chi connectivity index (χ1n) is 3.21. The molecule has 0 aliphatic carbocycles. The molecule has 0 bridgehead atoms. The van der Waals surface area contributed by atoms with Crippen molar-refractivity contribution in [3.63, 3.8) is 0 Å². The highest BCUT2D eigenvalue weighted by Crippen LogP contribution is 1.93. The number of hydrogen-bond donors (Lipinski definition) is 2. The standard InChI is InChI=1S/C7H9N3O.ClH/c8-7(11)10-5-6-1-3-9-4-2-6;/h1-4H,5H2,(H3,8,10,11);1H. The molecule has 1 aromatic rings. The fourth-order valence-electron chi connectivity index (χ4n) is 0.690. The molecule has 2 amide bonds. The van der Waals surface area contributed by atoms with Crippen LogP contribution in [-0.4, -0.2) is 11.0 Å². The number of aromatic nitrogens is 1. The van der Waals surface area contributed by atoms with E-state index in [0.29, 0.717) is 6.54 Å². The molecule has 1 heterocycles. The van der Waals surface area contributed by atoms with E-state index in [4.69, 9.17) is 5.73 Å². The molecule has 1 aromatic heterocycles. The topological polar surface area (TPSA) is 68.0 Å². The number of carbonyl (C=O) groups excluding carboxylic acids is 1. The van der Waals surface area contributed by atoms with Crippen LogP contribution in [0.1, 0.15) is 5.56 Å². The lowest BCUT2D eigenvalue weighted by Crippen LogP contribution is -2.28. The molecule has 12 heavy (non-hydrogen) atoms. The van der Waals surface area contributed by atoms with E-state index >= 15 is 0 Å². The summed E-state index contributed by atoms with van der Waals surface area (Å²) >= 11 is 0. The Morgan fingerprint density at radius 2 is 2.08 bits per heavy atom. The molecule has 0 atom stereocenters. The van der Waals surface area contributed by atoms with Gasteiger partial charge in [-0.05, 0) is 17.7 Å². The second kappa shape index (κ2) is 5.37. The fraction of sp³-hybridized carbons (Fsp3) is 0.143. The fourth-order valence-corrected chi connectivity index (χ4v) is 0.690. The number of nitrogens with zero attached hydrogens (tertiary/aromatic N) is 1. The molecule has 0 spiro atoms. The van der Waals surface area contributed by atoms with Crippen molar-refractivity contribution in [2.45, 2.75) is 6.54 Å². The lowest BCUT2D eigenvalue weighted by molar-refractivity contribution is 0.248. The Labute approximate surface area is 76.6 Å². The van der Waals surface area contributed by atoms with Crippen LogP contribution in [0, 0.1) is 0 Å². The van der Waals surface area contributed by atoms with E-state index in [1.165, 1.54) is 0 Å². The van der Waals surface area contributed by atoms with Crippen LogP contribution >= 0.6 is 12.4 Å². The number of primary amides is 1. The third-order valence-electron chi connectivity index (χ3n) is 1.22. The maximum absolute atomic E-state index is 10.3. The van der Waals surface area contributed by atoms with Gasteiger partial charge in [0.1, 0.15) is 0 Å². The van der Waals surface area contributed by atoms with Crippen molar-refractivity contribution in [2.24, 2.45) is 5.73 Å². The molecular weight excluding hydrogens is 178 g/mol. The zero-order valence-corrected chi connectivity index (χ0v) is 7.17. The van der Waals surface area contributed by atoms with Crippen LogP contribution in [0.5, 0.6) is 0 Å². The van der Waals surface area contributed by atoms with Gasteiger partial charge in [0.05, 0.1) is 0 Å². The van der Waals surface area contributed by atoms with E-state index in [2.05, 4.69) is 10.3 Å². The van der Waals surface area contributed by atoms with Gasteiger partial charge in [0.15, 0.2) is 0 Å². The molecule has 0 saturated carbocycles. The monoisotopic (exact) mass is 187 g/mol. The number of amides is 2. The van der Waals surface area contributed by atoms with Gasteiger partial charge < -0.3 is 11.1 Å². The lowest BCUT2D eigenvalue weighted by Gasteiger charge is -1.99. The Bertz CT molecular complexity index is 240. The smallest absolute Gasteiger partial charge is 0.312 e. The first kappa shape index (κ1) is 10.7.